The Kier molecular flexibility index (Phi) is 5.85. The minimum absolute atomic E-state index is 0.502. The predicted octanol–water partition coefficient (Wildman–Crippen LogP) is 5.79. The number of methoxy groups -OCH3 is 1. The fourth-order valence-electron chi connectivity index (χ4n) is 2.81. The number of pyridine rings is 1. The minimum Gasteiger partial charge on any atom is -0.481 e. The molecule has 3 rings (SSSR count). The summed E-state index contributed by atoms with van der Waals surface area (Å²) in [4.78, 5) is 4.70. The first-order valence-corrected chi connectivity index (χ1v) is 13.3. The molecule has 0 amide bonds. The van der Waals surface area contributed by atoms with Gasteiger partial charge in [0.1, 0.15) is 12.2 Å². The smallest absolute Gasteiger partial charge is 0.213 e. The molecule has 2 heterocycles. The van der Waals surface area contributed by atoms with Crippen LogP contribution in [0, 0.1) is 0 Å². The van der Waals surface area contributed by atoms with Crippen molar-refractivity contribution >= 4 is 35.0 Å². The van der Waals surface area contributed by atoms with Gasteiger partial charge in [-0.1, -0.05) is 50.0 Å². The first-order valence-electron chi connectivity index (χ1n) is 8.76. The van der Waals surface area contributed by atoms with Crippen LogP contribution in [0.4, 0.5) is 0 Å². The van der Waals surface area contributed by atoms with Crippen molar-refractivity contribution in [2.75, 3.05) is 13.7 Å². The Hall–Kier alpha value is -1.63. The van der Waals surface area contributed by atoms with Crippen LogP contribution in [0.1, 0.15) is 0 Å². The third-order valence-corrected chi connectivity index (χ3v) is 6.84. The van der Waals surface area contributed by atoms with Gasteiger partial charge in [0.25, 0.3) is 0 Å². The fourth-order valence-corrected chi connectivity index (χ4v) is 4.28. The van der Waals surface area contributed by atoms with Gasteiger partial charge in [-0.3, -0.25) is 0 Å². The SMILES string of the molecule is COc1ccc2c(n1)c(-c1ccccc1)c(Br)n2COCC[Si](C)(C)C. The molecular formula is C20H25BrN2O2Si. The number of benzene rings is 1. The highest BCUT2D eigenvalue weighted by Gasteiger charge is 2.19. The van der Waals surface area contributed by atoms with Gasteiger partial charge in [-0.25, -0.2) is 4.98 Å². The van der Waals surface area contributed by atoms with E-state index in [0.29, 0.717) is 12.6 Å². The maximum absolute atomic E-state index is 6.00. The molecule has 0 saturated carbocycles. The third-order valence-electron chi connectivity index (χ3n) is 4.31. The van der Waals surface area contributed by atoms with Crippen molar-refractivity contribution in [2.45, 2.75) is 32.4 Å². The number of halogens is 1. The number of ether oxygens (including phenoxy) is 2. The average Bonchev–Trinajstić information content (AvgIpc) is 2.89. The first-order chi connectivity index (χ1) is 12.4. The highest BCUT2D eigenvalue weighted by molar-refractivity contribution is 9.10. The molecule has 0 atom stereocenters. The predicted molar refractivity (Wildman–Crippen MR) is 114 cm³/mol. The van der Waals surface area contributed by atoms with E-state index in [2.05, 4.69) is 52.3 Å². The van der Waals surface area contributed by atoms with E-state index in [0.717, 1.165) is 39.4 Å². The Morgan fingerprint density at radius 2 is 1.81 bits per heavy atom. The zero-order valence-corrected chi connectivity index (χ0v) is 18.3. The molecular weight excluding hydrogens is 408 g/mol. The second-order valence-corrected chi connectivity index (χ2v) is 13.9. The molecule has 0 bridgehead atoms. The topological polar surface area (TPSA) is 36.3 Å². The highest BCUT2D eigenvalue weighted by Crippen LogP contribution is 2.38. The molecule has 138 valence electrons. The van der Waals surface area contributed by atoms with Gasteiger partial charge in [-0.05, 0) is 33.6 Å². The number of nitrogens with zero attached hydrogens (tertiary/aromatic N) is 2. The molecule has 2 aromatic heterocycles. The Bertz CT molecular complexity index is 888. The normalized spacial score (nSPS) is 11.9. The third kappa shape index (κ3) is 4.19. The number of hydrogen-bond donors (Lipinski definition) is 0. The number of aromatic nitrogens is 2. The summed E-state index contributed by atoms with van der Waals surface area (Å²) in [7, 11) is 0.543. The minimum atomic E-state index is -1.10. The summed E-state index contributed by atoms with van der Waals surface area (Å²) in [6.45, 7) is 8.37. The van der Waals surface area contributed by atoms with E-state index in [-0.39, 0.29) is 0 Å². The lowest BCUT2D eigenvalue weighted by Crippen LogP contribution is -2.22. The average molecular weight is 433 g/mol. The van der Waals surface area contributed by atoms with Gasteiger partial charge >= 0.3 is 0 Å². The van der Waals surface area contributed by atoms with E-state index in [4.69, 9.17) is 14.5 Å². The van der Waals surface area contributed by atoms with Gasteiger partial charge in [-0.2, -0.15) is 0 Å². The molecule has 0 unspecified atom stereocenters. The van der Waals surface area contributed by atoms with Crippen molar-refractivity contribution in [3.63, 3.8) is 0 Å². The highest BCUT2D eigenvalue weighted by atomic mass is 79.9. The molecule has 26 heavy (non-hydrogen) atoms. The largest absolute Gasteiger partial charge is 0.481 e. The van der Waals surface area contributed by atoms with Gasteiger partial charge in [0.2, 0.25) is 5.88 Å². The van der Waals surface area contributed by atoms with E-state index in [1.807, 2.05) is 30.3 Å². The van der Waals surface area contributed by atoms with Crippen molar-refractivity contribution < 1.29 is 9.47 Å². The van der Waals surface area contributed by atoms with Crippen LogP contribution in [0.5, 0.6) is 5.88 Å². The van der Waals surface area contributed by atoms with Crippen LogP contribution in [-0.2, 0) is 11.5 Å². The molecule has 6 heteroatoms. The maximum Gasteiger partial charge on any atom is 0.213 e. The Morgan fingerprint density at radius 1 is 1.08 bits per heavy atom. The molecule has 0 saturated heterocycles. The molecule has 1 aromatic carbocycles. The van der Waals surface area contributed by atoms with Crippen LogP contribution < -0.4 is 4.74 Å². The fraction of sp³-hybridized carbons (Fsp3) is 0.350. The molecule has 0 fully saturated rings. The van der Waals surface area contributed by atoms with Crippen molar-refractivity contribution in [3.8, 4) is 17.0 Å². The van der Waals surface area contributed by atoms with Gasteiger partial charge in [0.05, 0.1) is 17.2 Å². The van der Waals surface area contributed by atoms with Crippen LogP contribution in [0.15, 0.2) is 47.1 Å². The zero-order chi connectivity index (χ0) is 18.7. The first kappa shape index (κ1) is 19.1. The van der Waals surface area contributed by atoms with Crippen molar-refractivity contribution in [2.24, 2.45) is 0 Å². The van der Waals surface area contributed by atoms with Crippen LogP contribution >= 0.6 is 15.9 Å². The second kappa shape index (κ2) is 7.94. The molecule has 0 N–H and O–H groups in total. The van der Waals surface area contributed by atoms with Crippen molar-refractivity contribution in [1.29, 1.82) is 0 Å². The Labute approximate surface area is 164 Å². The lowest BCUT2D eigenvalue weighted by Gasteiger charge is -2.16. The molecule has 4 nitrogen and oxygen atoms in total. The molecule has 0 aliphatic heterocycles. The van der Waals surface area contributed by atoms with E-state index >= 15 is 0 Å². The molecule has 0 radical (unpaired) electrons. The van der Waals surface area contributed by atoms with E-state index < -0.39 is 8.07 Å². The summed E-state index contributed by atoms with van der Waals surface area (Å²) in [5, 5.41) is 0. The van der Waals surface area contributed by atoms with Crippen LogP contribution in [0.2, 0.25) is 25.7 Å². The molecule has 0 aliphatic carbocycles. The van der Waals surface area contributed by atoms with E-state index in [1.165, 1.54) is 0 Å². The lowest BCUT2D eigenvalue weighted by atomic mass is 10.1. The molecule has 0 spiro atoms. The van der Waals surface area contributed by atoms with E-state index in [1.54, 1.807) is 7.11 Å². The lowest BCUT2D eigenvalue weighted by molar-refractivity contribution is 0.0889. The number of hydrogen-bond acceptors (Lipinski definition) is 3. The van der Waals surface area contributed by atoms with Crippen LogP contribution in [-0.4, -0.2) is 31.3 Å². The number of fused-ring (bicyclic) bond motifs is 1. The zero-order valence-electron chi connectivity index (χ0n) is 15.8. The monoisotopic (exact) mass is 432 g/mol. The van der Waals surface area contributed by atoms with Crippen molar-refractivity contribution in [3.05, 3.63) is 47.1 Å². The van der Waals surface area contributed by atoms with Crippen LogP contribution in [0.3, 0.4) is 0 Å². The Morgan fingerprint density at radius 3 is 2.46 bits per heavy atom. The van der Waals surface area contributed by atoms with E-state index in [9.17, 15) is 0 Å². The summed E-state index contributed by atoms with van der Waals surface area (Å²) in [6.07, 6.45) is 0. The summed E-state index contributed by atoms with van der Waals surface area (Å²) in [5.74, 6) is 0.610. The van der Waals surface area contributed by atoms with Gasteiger partial charge < -0.3 is 14.0 Å². The van der Waals surface area contributed by atoms with Crippen molar-refractivity contribution in [1.82, 2.24) is 9.55 Å². The van der Waals surface area contributed by atoms with Gasteiger partial charge in [-0.15, -0.1) is 0 Å². The molecule has 0 aliphatic rings. The maximum atomic E-state index is 6.00. The van der Waals surface area contributed by atoms with Gasteiger partial charge in [0, 0.05) is 26.3 Å². The quantitative estimate of drug-likeness (QED) is 0.350. The summed E-state index contributed by atoms with van der Waals surface area (Å²) >= 11 is 3.78. The van der Waals surface area contributed by atoms with Gasteiger partial charge in [0.15, 0.2) is 0 Å². The molecule has 3 aromatic rings. The Balaban J connectivity index is 1.99. The standard InChI is InChI=1S/C20H25BrN2O2Si/c1-24-17-11-10-16-19(22-17)18(15-8-6-5-7-9-15)20(21)23(16)14-25-12-13-26(2,3)4/h5-11H,12-14H2,1-4H3. The summed E-state index contributed by atoms with van der Waals surface area (Å²) in [5.41, 5.74) is 4.13. The summed E-state index contributed by atoms with van der Waals surface area (Å²) < 4.78 is 14.4. The van der Waals surface area contributed by atoms with Crippen LogP contribution in [0.25, 0.3) is 22.2 Å². The number of rotatable bonds is 7. The summed E-state index contributed by atoms with van der Waals surface area (Å²) in [6, 6.07) is 15.4. The second-order valence-electron chi connectivity index (χ2n) is 7.53.